The van der Waals surface area contributed by atoms with E-state index in [2.05, 4.69) is 15.3 Å². The van der Waals surface area contributed by atoms with Crippen LogP contribution in [0.4, 0.5) is 0 Å². The van der Waals surface area contributed by atoms with Crippen molar-refractivity contribution in [2.75, 3.05) is 0 Å². The lowest BCUT2D eigenvalue weighted by atomic mass is 10.2. The summed E-state index contributed by atoms with van der Waals surface area (Å²) in [7, 11) is 0. The van der Waals surface area contributed by atoms with Crippen LogP contribution in [0.5, 0.6) is 0 Å². The van der Waals surface area contributed by atoms with Gasteiger partial charge in [0, 0.05) is 0 Å². The van der Waals surface area contributed by atoms with E-state index in [1.54, 1.807) is 37.3 Å². The zero-order chi connectivity index (χ0) is 21.1. The van der Waals surface area contributed by atoms with Crippen molar-refractivity contribution in [3.8, 4) is 5.69 Å². The van der Waals surface area contributed by atoms with Crippen LogP contribution in [0.2, 0.25) is 5.02 Å². The van der Waals surface area contributed by atoms with Crippen molar-refractivity contribution in [3.63, 3.8) is 0 Å². The third-order valence-electron chi connectivity index (χ3n) is 4.09. The fraction of sp³-hybridized carbons (Fsp3) is 0.105. The molecule has 2 aromatic carbocycles. The average molecular weight is 432 g/mol. The molecule has 0 aliphatic heterocycles. The number of nitrogens with zero attached hydrogens (tertiary/aromatic N) is 3. The van der Waals surface area contributed by atoms with Gasteiger partial charge >= 0.3 is 0 Å². The van der Waals surface area contributed by atoms with Crippen molar-refractivity contribution in [1.29, 1.82) is 0 Å². The van der Waals surface area contributed by atoms with Crippen LogP contribution in [0.3, 0.4) is 0 Å². The van der Waals surface area contributed by atoms with Crippen LogP contribution >= 0.6 is 23.2 Å². The molecule has 10 heteroatoms. The predicted octanol–water partition coefficient (Wildman–Crippen LogP) is 2.29. The highest BCUT2D eigenvalue weighted by atomic mass is 35.5. The van der Waals surface area contributed by atoms with E-state index in [4.69, 9.17) is 40.4 Å². The summed E-state index contributed by atoms with van der Waals surface area (Å²) >= 11 is 12.2. The van der Waals surface area contributed by atoms with Gasteiger partial charge in [-0.05, 0) is 31.2 Å². The number of nitrogens with one attached hydrogen (secondary N) is 1. The molecule has 3 aromatic rings. The maximum Gasteiger partial charge on any atom is 0.267 e. The van der Waals surface area contributed by atoms with E-state index in [0.717, 1.165) is 0 Å². The Morgan fingerprint density at radius 1 is 1.14 bits per heavy atom. The van der Waals surface area contributed by atoms with E-state index in [0.29, 0.717) is 27.4 Å². The maximum absolute atomic E-state index is 13.4. The standard InChI is InChI=1S/C19H19Cl2N7O/c1-10(25-16(15(21)22)27-19(23)24)17-26-13-9-5-8-12(20)14(13)18(29)28(17)11-6-3-2-4-7-11/h2-10,25H,22H2,1H3,(H4,23,24,27)/b16-15-. The zero-order valence-corrected chi connectivity index (χ0v) is 16.9. The molecule has 1 heterocycles. The Balaban J connectivity index is 2.25. The van der Waals surface area contributed by atoms with Crippen LogP contribution in [0.25, 0.3) is 16.6 Å². The first-order valence-electron chi connectivity index (χ1n) is 8.57. The molecule has 0 saturated heterocycles. The van der Waals surface area contributed by atoms with Crippen molar-refractivity contribution in [1.82, 2.24) is 14.9 Å². The number of fused-ring (bicyclic) bond motifs is 1. The summed E-state index contributed by atoms with van der Waals surface area (Å²) in [5, 5.41) is 3.51. The molecule has 150 valence electrons. The molecule has 0 radical (unpaired) electrons. The van der Waals surface area contributed by atoms with E-state index in [1.807, 2.05) is 18.2 Å². The van der Waals surface area contributed by atoms with Crippen molar-refractivity contribution in [3.05, 3.63) is 80.7 Å². The molecule has 0 fully saturated rings. The van der Waals surface area contributed by atoms with Crippen LogP contribution in [0, 0.1) is 0 Å². The van der Waals surface area contributed by atoms with Crippen molar-refractivity contribution >= 4 is 40.1 Å². The normalized spacial score (nSPS) is 12.9. The third kappa shape index (κ3) is 4.28. The zero-order valence-electron chi connectivity index (χ0n) is 15.4. The molecular formula is C19H19Cl2N7O. The highest BCUT2D eigenvalue weighted by Crippen LogP contribution is 2.23. The lowest BCUT2D eigenvalue weighted by Crippen LogP contribution is -2.31. The summed E-state index contributed by atoms with van der Waals surface area (Å²) in [5.41, 5.74) is 17.3. The van der Waals surface area contributed by atoms with Gasteiger partial charge in [-0.15, -0.1) is 0 Å². The van der Waals surface area contributed by atoms with Crippen molar-refractivity contribution < 1.29 is 0 Å². The first-order valence-corrected chi connectivity index (χ1v) is 9.33. The number of guanidine groups is 1. The molecule has 0 bridgehead atoms. The molecule has 3 rings (SSSR count). The minimum absolute atomic E-state index is 0.0687. The molecule has 0 aliphatic carbocycles. The van der Waals surface area contributed by atoms with Gasteiger partial charge in [0.25, 0.3) is 5.56 Å². The van der Waals surface area contributed by atoms with Crippen LogP contribution in [-0.2, 0) is 0 Å². The number of halogens is 2. The number of aliphatic imine (C=N–C) groups is 1. The molecule has 1 unspecified atom stereocenters. The first kappa shape index (κ1) is 20.5. The molecule has 1 aromatic heterocycles. The van der Waals surface area contributed by atoms with Gasteiger partial charge in [-0.1, -0.05) is 47.5 Å². The summed E-state index contributed by atoms with van der Waals surface area (Å²) in [4.78, 5) is 21.9. The minimum Gasteiger partial charge on any atom is -0.386 e. The van der Waals surface area contributed by atoms with Crippen molar-refractivity contribution in [2.24, 2.45) is 22.2 Å². The number of hydrogen-bond donors (Lipinski definition) is 4. The number of aromatic nitrogens is 2. The van der Waals surface area contributed by atoms with Crippen molar-refractivity contribution in [2.45, 2.75) is 13.0 Å². The van der Waals surface area contributed by atoms with Crippen LogP contribution in [0.1, 0.15) is 18.8 Å². The molecule has 1 atom stereocenters. The van der Waals surface area contributed by atoms with E-state index >= 15 is 0 Å². The van der Waals surface area contributed by atoms with E-state index in [1.165, 1.54) is 4.57 Å². The summed E-state index contributed by atoms with van der Waals surface area (Å²) in [6, 6.07) is 13.6. The third-order valence-corrected chi connectivity index (χ3v) is 4.59. The number of hydrogen-bond acceptors (Lipinski definition) is 5. The smallest absolute Gasteiger partial charge is 0.267 e. The van der Waals surface area contributed by atoms with Gasteiger partial charge < -0.3 is 22.5 Å². The van der Waals surface area contributed by atoms with Gasteiger partial charge in [-0.2, -0.15) is 4.99 Å². The van der Waals surface area contributed by atoms with E-state index in [-0.39, 0.29) is 22.5 Å². The SMILES string of the molecule is CC(N/C(N=C(N)N)=C(/N)Cl)c1nc2cccc(Cl)c2c(=O)n1-c1ccccc1. The monoisotopic (exact) mass is 431 g/mol. The Morgan fingerprint density at radius 2 is 1.83 bits per heavy atom. The highest BCUT2D eigenvalue weighted by Gasteiger charge is 2.20. The van der Waals surface area contributed by atoms with Gasteiger partial charge in [0.05, 0.1) is 27.7 Å². The Bertz CT molecular complexity index is 1160. The minimum atomic E-state index is -0.540. The fourth-order valence-electron chi connectivity index (χ4n) is 2.88. The van der Waals surface area contributed by atoms with Gasteiger partial charge in [0.1, 0.15) is 11.0 Å². The number of rotatable bonds is 5. The predicted molar refractivity (Wildman–Crippen MR) is 117 cm³/mol. The Kier molecular flexibility index (Phi) is 5.95. The topological polar surface area (TPSA) is 137 Å². The lowest BCUT2D eigenvalue weighted by molar-refractivity contribution is 0.586. The molecule has 8 nitrogen and oxygen atoms in total. The van der Waals surface area contributed by atoms with Crippen LogP contribution in [0.15, 0.2) is 69.3 Å². The molecule has 29 heavy (non-hydrogen) atoms. The van der Waals surface area contributed by atoms with Crippen LogP contribution in [-0.4, -0.2) is 15.5 Å². The summed E-state index contributed by atoms with van der Waals surface area (Å²) < 4.78 is 1.48. The Hall–Kier alpha value is -3.23. The quantitative estimate of drug-likeness (QED) is 0.277. The fourth-order valence-corrected chi connectivity index (χ4v) is 3.22. The van der Waals surface area contributed by atoms with Gasteiger partial charge in [-0.25, -0.2) is 4.98 Å². The van der Waals surface area contributed by atoms with Crippen LogP contribution < -0.4 is 28.1 Å². The average Bonchev–Trinajstić information content (AvgIpc) is 2.67. The maximum atomic E-state index is 13.4. The lowest BCUT2D eigenvalue weighted by Gasteiger charge is -2.21. The summed E-state index contributed by atoms with van der Waals surface area (Å²) in [5.74, 6) is 0.249. The highest BCUT2D eigenvalue weighted by molar-refractivity contribution is 6.35. The van der Waals surface area contributed by atoms with E-state index < -0.39 is 6.04 Å². The van der Waals surface area contributed by atoms with Gasteiger partial charge in [-0.3, -0.25) is 9.36 Å². The molecule has 0 amide bonds. The molecule has 0 aliphatic rings. The molecule has 7 N–H and O–H groups in total. The Morgan fingerprint density at radius 3 is 2.45 bits per heavy atom. The van der Waals surface area contributed by atoms with Gasteiger partial charge in [0.15, 0.2) is 11.8 Å². The first-order chi connectivity index (χ1) is 13.8. The number of nitrogens with two attached hydrogens (primary N) is 3. The largest absolute Gasteiger partial charge is 0.386 e. The van der Waals surface area contributed by atoms with Gasteiger partial charge in [0.2, 0.25) is 0 Å². The number of benzene rings is 2. The molecule has 0 saturated carbocycles. The second-order valence-corrected chi connectivity index (χ2v) is 6.99. The van der Waals surface area contributed by atoms with E-state index in [9.17, 15) is 4.79 Å². The summed E-state index contributed by atoms with van der Waals surface area (Å²) in [6.07, 6.45) is 0. The molecule has 0 spiro atoms. The molecular weight excluding hydrogens is 413 g/mol. The second-order valence-electron chi connectivity index (χ2n) is 6.18. The Labute approximate surface area is 176 Å². The summed E-state index contributed by atoms with van der Waals surface area (Å²) in [6.45, 7) is 1.78. The number of para-hydroxylation sites is 1. The second kappa shape index (κ2) is 8.42.